The van der Waals surface area contributed by atoms with E-state index in [4.69, 9.17) is 10.8 Å². The van der Waals surface area contributed by atoms with E-state index in [0.717, 1.165) is 0 Å². The molecular weight excluding hydrogens is 624 g/mol. The van der Waals surface area contributed by atoms with Crippen LogP contribution >= 0.6 is 0 Å². The van der Waals surface area contributed by atoms with Crippen molar-refractivity contribution in [3.63, 3.8) is 0 Å². The summed E-state index contributed by atoms with van der Waals surface area (Å²) in [6, 6.07) is 6.50. The van der Waals surface area contributed by atoms with E-state index in [9.17, 15) is 39.0 Å². The number of benzene rings is 2. The van der Waals surface area contributed by atoms with Crippen LogP contribution < -0.4 is 32.3 Å². The lowest BCUT2D eigenvalue weighted by molar-refractivity contribution is -0.142. The number of nitrogens with one attached hydrogen (secondary N) is 5. The highest BCUT2D eigenvalue weighted by atomic mass is 16.4. The zero-order valence-electron chi connectivity index (χ0n) is 27.7. The second-order valence-corrected chi connectivity index (χ2v) is 12.2. The van der Waals surface area contributed by atoms with Gasteiger partial charge in [-0.2, -0.15) is 0 Å². The van der Waals surface area contributed by atoms with E-state index in [1.165, 1.54) is 31.2 Å². The Morgan fingerprint density at radius 2 is 1.08 bits per heavy atom. The van der Waals surface area contributed by atoms with E-state index in [1.54, 1.807) is 52.0 Å². The summed E-state index contributed by atoms with van der Waals surface area (Å²) in [6.07, 6.45) is 0.108. The predicted molar refractivity (Wildman–Crippen MR) is 175 cm³/mol. The quantitative estimate of drug-likeness (QED) is 0.106. The van der Waals surface area contributed by atoms with Crippen LogP contribution in [0.4, 0.5) is 0 Å². The van der Waals surface area contributed by atoms with Crippen molar-refractivity contribution in [3.8, 4) is 11.5 Å². The second-order valence-electron chi connectivity index (χ2n) is 12.2. The van der Waals surface area contributed by atoms with E-state index in [-0.39, 0.29) is 30.3 Å². The number of hydrogen-bond donors (Lipinski definition) is 9. The third-order valence-electron chi connectivity index (χ3n) is 7.40. The third-order valence-corrected chi connectivity index (χ3v) is 7.40. The summed E-state index contributed by atoms with van der Waals surface area (Å²) in [6.45, 7) is 7.44. The van der Waals surface area contributed by atoms with Gasteiger partial charge in [0.25, 0.3) is 0 Å². The first-order valence-electron chi connectivity index (χ1n) is 15.5. The van der Waals surface area contributed by atoms with E-state index >= 15 is 0 Å². The molecule has 10 N–H and O–H groups in total. The summed E-state index contributed by atoms with van der Waals surface area (Å²) in [5, 5.41) is 40.8. The second kappa shape index (κ2) is 18.2. The average molecular weight is 671 g/mol. The summed E-state index contributed by atoms with van der Waals surface area (Å²) in [5.41, 5.74) is 7.32. The molecule has 0 saturated heterocycles. The molecule has 0 bridgehead atoms. The summed E-state index contributed by atoms with van der Waals surface area (Å²) >= 11 is 0. The van der Waals surface area contributed by atoms with Crippen molar-refractivity contribution in [1.29, 1.82) is 0 Å². The Morgan fingerprint density at radius 1 is 0.625 bits per heavy atom. The first-order chi connectivity index (χ1) is 22.5. The van der Waals surface area contributed by atoms with Gasteiger partial charge < -0.3 is 47.6 Å². The Balaban J connectivity index is 2.10. The van der Waals surface area contributed by atoms with Crippen molar-refractivity contribution in [2.45, 2.75) is 77.7 Å². The van der Waals surface area contributed by atoms with Gasteiger partial charge in [-0.05, 0) is 60.6 Å². The Hall–Kier alpha value is -5.18. The zero-order chi connectivity index (χ0) is 36.1. The molecular formula is C33H46N6O9. The summed E-state index contributed by atoms with van der Waals surface area (Å²) in [5.74, 6) is -5.48. The minimum atomic E-state index is -1.26. The number of hydrogen-bond acceptors (Lipinski definition) is 9. The lowest BCUT2D eigenvalue weighted by Gasteiger charge is -2.26. The highest BCUT2D eigenvalue weighted by Gasteiger charge is 2.31. The van der Waals surface area contributed by atoms with Crippen LogP contribution in [0, 0.1) is 11.8 Å². The van der Waals surface area contributed by atoms with Crippen LogP contribution in [-0.4, -0.2) is 87.6 Å². The van der Waals surface area contributed by atoms with Crippen molar-refractivity contribution in [2.24, 2.45) is 17.6 Å². The standard InChI is InChI=1S/C33H46N6O9/c1-17(2)27(38-29(43)24(34)14-20-6-10-22(40)11-7-20)31(45)35-16-26(42)37-25(15-21-8-12-23(41)13-9-21)30(44)39-28(18(3)4)32(46)36-19(5)33(47)48/h6-13,17-19,24-25,27-28,40-41H,14-16,34H2,1-5H3,(H,35,45)(H,36,46)(H,37,42)(H,38,43)(H,39,44)(H,47,48)/t19-,24+,25+,27+,28+/m1/s1. The van der Waals surface area contributed by atoms with Crippen molar-refractivity contribution in [1.82, 2.24) is 26.6 Å². The number of carbonyl (C=O) groups excluding carboxylic acids is 5. The molecule has 15 heteroatoms. The molecule has 5 atom stereocenters. The van der Waals surface area contributed by atoms with Gasteiger partial charge in [0, 0.05) is 6.42 Å². The molecule has 0 saturated carbocycles. The van der Waals surface area contributed by atoms with Gasteiger partial charge in [0.05, 0.1) is 12.6 Å². The number of phenols is 2. The van der Waals surface area contributed by atoms with Crippen LogP contribution in [-0.2, 0) is 41.6 Å². The largest absolute Gasteiger partial charge is 0.508 e. The van der Waals surface area contributed by atoms with E-state index < -0.39 is 78.2 Å². The van der Waals surface area contributed by atoms with Gasteiger partial charge in [-0.3, -0.25) is 28.8 Å². The van der Waals surface area contributed by atoms with Gasteiger partial charge >= 0.3 is 5.97 Å². The van der Waals surface area contributed by atoms with Crippen molar-refractivity contribution >= 4 is 35.5 Å². The summed E-state index contributed by atoms with van der Waals surface area (Å²) < 4.78 is 0. The molecule has 0 radical (unpaired) electrons. The van der Waals surface area contributed by atoms with Crippen LogP contribution in [0.5, 0.6) is 11.5 Å². The summed E-state index contributed by atoms with van der Waals surface area (Å²) in [7, 11) is 0. The van der Waals surface area contributed by atoms with Crippen molar-refractivity contribution in [3.05, 3.63) is 59.7 Å². The number of phenolic OH excluding ortho intramolecular Hbond substituents is 2. The van der Waals surface area contributed by atoms with Gasteiger partial charge in [-0.1, -0.05) is 52.0 Å². The predicted octanol–water partition coefficient (Wildman–Crippen LogP) is -0.318. The Morgan fingerprint density at radius 3 is 1.56 bits per heavy atom. The number of carboxylic acids is 1. The minimum absolute atomic E-state index is 0.0105. The molecule has 2 rings (SSSR count). The Bertz CT molecular complexity index is 1430. The number of nitrogens with two attached hydrogens (primary N) is 1. The lowest BCUT2D eigenvalue weighted by atomic mass is 10.0. The number of carbonyl (C=O) groups is 6. The normalized spacial score (nSPS) is 14.2. The van der Waals surface area contributed by atoms with Gasteiger partial charge in [0.1, 0.15) is 35.7 Å². The number of carboxylic acid groups (broad SMARTS) is 1. The molecule has 0 aliphatic carbocycles. The first kappa shape index (κ1) is 39.0. The molecule has 0 heterocycles. The Kier molecular flexibility index (Phi) is 14.8. The SMILES string of the molecule is CC(C)[C@H](NC(=O)[C@H](Cc1ccc(O)cc1)NC(=O)CNC(=O)[C@@H](NC(=O)[C@@H](N)Cc1ccc(O)cc1)C(C)C)C(=O)N[C@H](C)C(=O)O. The molecule has 0 unspecified atom stereocenters. The van der Waals surface area contributed by atoms with Gasteiger partial charge in [-0.25, -0.2) is 0 Å². The number of aliphatic carboxylic acids is 1. The van der Waals surface area contributed by atoms with Crippen LogP contribution in [0.25, 0.3) is 0 Å². The maximum Gasteiger partial charge on any atom is 0.325 e. The molecule has 0 fully saturated rings. The summed E-state index contributed by atoms with van der Waals surface area (Å²) in [4.78, 5) is 76.3. The van der Waals surface area contributed by atoms with E-state index in [2.05, 4.69) is 26.6 Å². The fourth-order valence-corrected chi connectivity index (χ4v) is 4.53. The van der Waals surface area contributed by atoms with Crippen LogP contribution in [0.3, 0.4) is 0 Å². The lowest BCUT2D eigenvalue weighted by Crippen LogP contribution is -2.58. The fraction of sp³-hybridized carbons (Fsp3) is 0.455. The Labute approximate surface area is 279 Å². The highest BCUT2D eigenvalue weighted by molar-refractivity contribution is 5.95. The van der Waals surface area contributed by atoms with E-state index in [0.29, 0.717) is 11.1 Å². The molecule has 48 heavy (non-hydrogen) atoms. The first-order valence-corrected chi connectivity index (χ1v) is 15.5. The maximum atomic E-state index is 13.4. The van der Waals surface area contributed by atoms with Crippen molar-refractivity contribution in [2.75, 3.05) is 6.54 Å². The molecule has 2 aromatic carbocycles. The molecule has 0 spiro atoms. The molecule has 0 aromatic heterocycles. The smallest absolute Gasteiger partial charge is 0.325 e. The average Bonchev–Trinajstić information content (AvgIpc) is 3.02. The minimum Gasteiger partial charge on any atom is -0.508 e. The van der Waals surface area contributed by atoms with E-state index in [1.807, 2.05) is 0 Å². The number of rotatable bonds is 17. The van der Waals surface area contributed by atoms with Crippen LogP contribution in [0.15, 0.2) is 48.5 Å². The molecule has 5 amide bonds. The molecule has 15 nitrogen and oxygen atoms in total. The number of aromatic hydroxyl groups is 2. The number of amides is 5. The van der Waals surface area contributed by atoms with Gasteiger partial charge in [0.2, 0.25) is 29.5 Å². The molecule has 2 aromatic rings. The zero-order valence-corrected chi connectivity index (χ0v) is 27.7. The highest BCUT2D eigenvalue weighted by Crippen LogP contribution is 2.13. The topological polar surface area (TPSA) is 249 Å². The van der Waals surface area contributed by atoms with Gasteiger partial charge in [0.15, 0.2) is 0 Å². The fourth-order valence-electron chi connectivity index (χ4n) is 4.53. The third kappa shape index (κ3) is 12.5. The molecule has 0 aliphatic rings. The monoisotopic (exact) mass is 670 g/mol. The van der Waals surface area contributed by atoms with Crippen LogP contribution in [0.2, 0.25) is 0 Å². The van der Waals surface area contributed by atoms with Gasteiger partial charge in [-0.15, -0.1) is 0 Å². The molecule has 0 aliphatic heterocycles. The van der Waals surface area contributed by atoms with Crippen molar-refractivity contribution < 1.29 is 44.1 Å². The maximum absolute atomic E-state index is 13.4. The van der Waals surface area contributed by atoms with Crippen LogP contribution in [0.1, 0.15) is 45.7 Å². The molecule has 262 valence electrons.